The van der Waals surface area contributed by atoms with Crippen molar-refractivity contribution in [2.75, 3.05) is 18.8 Å². The fourth-order valence-electron chi connectivity index (χ4n) is 1.96. The average molecular weight is 246 g/mol. The summed E-state index contributed by atoms with van der Waals surface area (Å²) >= 11 is 0. The Morgan fingerprint density at radius 2 is 1.88 bits per heavy atom. The van der Waals surface area contributed by atoms with Gasteiger partial charge < -0.3 is 11.1 Å². The van der Waals surface area contributed by atoms with Gasteiger partial charge in [-0.3, -0.25) is 0 Å². The highest BCUT2D eigenvalue weighted by atomic mass is 19.4. The molecule has 0 unspecified atom stereocenters. The van der Waals surface area contributed by atoms with Crippen molar-refractivity contribution in [3.63, 3.8) is 0 Å². The zero-order valence-corrected chi connectivity index (χ0v) is 9.09. The lowest BCUT2D eigenvalue weighted by Gasteiger charge is -2.22. The SMILES string of the molecule is Nc1nc(C2CCNCC2)cc(C(F)(F)F)n1. The summed E-state index contributed by atoms with van der Waals surface area (Å²) in [5, 5.41) is 3.15. The van der Waals surface area contributed by atoms with Crippen LogP contribution in [-0.4, -0.2) is 23.1 Å². The lowest BCUT2D eigenvalue weighted by molar-refractivity contribution is -0.141. The molecule has 0 radical (unpaired) electrons. The number of nitrogens with one attached hydrogen (secondary N) is 1. The second-order valence-electron chi connectivity index (χ2n) is 4.06. The highest BCUT2D eigenvalue weighted by Gasteiger charge is 2.34. The van der Waals surface area contributed by atoms with Gasteiger partial charge in [0.15, 0.2) is 0 Å². The van der Waals surface area contributed by atoms with Crippen LogP contribution in [0.15, 0.2) is 6.07 Å². The van der Waals surface area contributed by atoms with Gasteiger partial charge in [-0.1, -0.05) is 0 Å². The smallest absolute Gasteiger partial charge is 0.368 e. The second-order valence-corrected chi connectivity index (χ2v) is 4.06. The van der Waals surface area contributed by atoms with Gasteiger partial charge in [0, 0.05) is 11.6 Å². The number of anilines is 1. The van der Waals surface area contributed by atoms with Crippen molar-refractivity contribution in [2.45, 2.75) is 24.9 Å². The molecule has 1 fully saturated rings. The van der Waals surface area contributed by atoms with Gasteiger partial charge in [0.05, 0.1) is 0 Å². The lowest BCUT2D eigenvalue weighted by Crippen LogP contribution is -2.27. The monoisotopic (exact) mass is 246 g/mol. The van der Waals surface area contributed by atoms with Crippen molar-refractivity contribution in [2.24, 2.45) is 0 Å². The Balaban J connectivity index is 2.31. The second kappa shape index (κ2) is 4.48. The molecule has 0 amide bonds. The quantitative estimate of drug-likeness (QED) is 0.789. The van der Waals surface area contributed by atoms with E-state index >= 15 is 0 Å². The molecule has 1 aliphatic rings. The van der Waals surface area contributed by atoms with Crippen molar-refractivity contribution in [1.29, 1.82) is 0 Å². The molecule has 1 aromatic rings. The van der Waals surface area contributed by atoms with Crippen LogP contribution in [-0.2, 0) is 6.18 Å². The number of aromatic nitrogens is 2. The summed E-state index contributed by atoms with van der Waals surface area (Å²) in [6.45, 7) is 1.58. The van der Waals surface area contributed by atoms with Crippen LogP contribution in [0.4, 0.5) is 19.1 Å². The Kier molecular flexibility index (Phi) is 3.19. The fourth-order valence-corrected chi connectivity index (χ4v) is 1.96. The molecule has 7 heteroatoms. The van der Waals surface area contributed by atoms with Crippen LogP contribution < -0.4 is 11.1 Å². The van der Waals surface area contributed by atoms with Gasteiger partial charge in [0.1, 0.15) is 5.69 Å². The van der Waals surface area contributed by atoms with Gasteiger partial charge in [-0.2, -0.15) is 13.2 Å². The van der Waals surface area contributed by atoms with E-state index in [1.54, 1.807) is 0 Å². The highest BCUT2D eigenvalue weighted by Crippen LogP contribution is 2.31. The molecule has 4 nitrogen and oxygen atoms in total. The van der Waals surface area contributed by atoms with E-state index in [4.69, 9.17) is 5.73 Å². The van der Waals surface area contributed by atoms with Gasteiger partial charge >= 0.3 is 6.18 Å². The van der Waals surface area contributed by atoms with Gasteiger partial charge in [-0.15, -0.1) is 0 Å². The van der Waals surface area contributed by atoms with Gasteiger partial charge in [-0.05, 0) is 32.0 Å². The number of nitrogens with two attached hydrogens (primary N) is 1. The molecular weight excluding hydrogens is 233 g/mol. The van der Waals surface area contributed by atoms with Crippen LogP contribution in [0.3, 0.4) is 0 Å². The largest absolute Gasteiger partial charge is 0.433 e. The van der Waals surface area contributed by atoms with Crippen molar-refractivity contribution in [1.82, 2.24) is 15.3 Å². The first-order chi connectivity index (χ1) is 7.97. The Labute approximate surface area is 96.4 Å². The minimum absolute atomic E-state index is 0.0302. The van der Waals surface area contributed by atoms with Crippen molar-refractivity contribution < 1.29 is 13.2 Å². The maximum absolute atomic E-state index is 12.6. The lowest BCUT2D eigenvalue weighted by atomic mass is 9.94. The third-order valence-corrected chi connectivity index (χ3v) is 2.81. The third-order valence-electron chi connectivity index (χ3n) is 2.81. The maximum Gasteiger partial charge on any atom is 0.433 e. The molecule has 0 aliphatic carbocycles. The number of hydrogen-bond donors (Lipinski definition) is 2. The standard InChI is InChI=1S/C10H13F3N4/c11-10(12,13)8-5-7(16-9(14)17-8)6-1-3-15-4-2-6/h5-6,15H,1-4H2,(H2,14,16,17). The summed E-state index contributed by atoms with van der Waals surface area (Å²) in [5.74, 6) is -0.281. The van der Waals surface area contributed by atoms with E-state index in [0.29, 0.717) is 5.69 Å². The third kappa shape index (κ3) is 2.85. The Bertz CT molecular complexity index is 399. The molecule has 0 atom stereocenters. The number of rotatable bonds is 1. The number of nitrogen functional groups attached to an aromatic ring is 1. The topological polar surface area (TPSA) is 63.8 Å². The van der Waals surface area contributed by atoms with Crippen LogP contribution in [0.2, 0.25) is 0 Å². The summed E-state index contributed by atoms with van der Waals surface area (Å²) in [4.78, 5) is 7.14. The van der Waals surface area contributed by atoms with Crippen molar-refractivity contribution >= 4 is 5.95 Å². The molecule has 0 aromatic carbocycles. The first-order valence-electron chi connectivity index (χ1n) is 5.39. The molecule has 17 heavy (non-hydrogen) atoms. The number of nitrogens with zero attached hydrogens (tertiary/aromatic N) is 2. The van der Waals surface area contributed by atoms with E-state index in [1.165, 1.54) is 0 Å². The van der Waals surface area contributed by atoms with Gasteiger partial charge in [-0.25, -0.2) is 9.97 Å². The number of hydrogen-bond acceptors (Lipinski definition) is 4. The predicted molar refractivity (Wildman–Crippen MR) is 56.3 cm³/mol. The summed E-state index contributed by atoms with van der Waals surface area (Å²) in [7, 11) is 0. The molecule has 1 aromatic heterocycles. The number of halogens is 3. The molecule has 2 rings (SSSR count). The first-order valence-corrected chi connectivity index (χ1v) is 5.39. The number of alkyl halides is 3. The highest BCUT2D eigenvalue weighted by molar-refractivity contribution is 5.26. The molecular formula is C10H13F3N4. The van der Waals surface area contributed by atoms with Crippen LogP contribution in [0.5, 0.6) is 0 Å². The van der Waals surface area contributed by atoms with E-state index in [1.807, 2.05) is 0 Å². The predicted octanol–water partition coefficient (Wildman–Crippen LogP) is 1.54. The Morgan fingerprint density at radius 3 is 2.47 bits per heavy atom. The molecule has 1 saturated heterocycles. The fraction of sp³-hybridized carbons (Fsp3) is 0.600. The maximum atomic E-state index is 12.6. The van der Waals surface area contributed by atoms with Crippen LogP contribution in [0.1, 0.15) is 30.1 Å². The summed E-state index contributed by atoms with van der Waals surface area (Å²) in [6.07, 6.45) is -2.93. The van der Waals surface area contributed by atoms with E-state index in [-0.39, 0.29) is 11.9 Å². The van der Waals surface area contributed by atoms with E-state index in [2.05, 4.69) is 15.3 Å². The molecule has 1 aliphatic heterocycles. The first kappa shape index (κ1) is 12.1. The normalized spacial score (nSPS) is 18.3. The van der Waals surface area contributed by atoms with Crippen LogP contribution in [0.25, 0.3) is 0 Å². The average Bonchev–Trinajstić information content (AvgIpc) is 2.28. The molecule has 0 spiro atoms. The minimum atomic E-state index is -4.47. The minimum Gasteiger partial charge on any atom is -0.368 e. The molecule has 2 heterocycles. The zero-order chi connectivity index (χ0) is 12.5. The zero-order valence-electron chi connectivity index (χ0n) is 9.09. The number of piperidine rings is 1. The molecule has 94 valence electrons. The summed E-state index contributed by atoms with van der Waals surface area (Å²) < 4.78 is 37.7. The van der Waals surface area contributed by atoms with E-state index in [9.17, 15) is 13.2 Å². The van der Waals surface area contributed by atoms with E-state index in [0.717, 1.165) is 32.0 Å². The van der Waals surface area contributed by atoms with Crippen LogP contribution >= 0.6 is 0 Å². The summed E-state index contributed by atoms with van der Waals surface area (Å²) in [5.41, 5.74) is 4.76. The van der Waals surface area contributed by atoms with Crippen molar-refractivity contribution in [3.8, 4) is 0 Å². The van der Waals surface area contributed by atoms with Crippen LogP contribution in [0, 0.1) is 0 Å². The van der Waals surface area contributed by atoms with Gasteiger partial charge in [0.2, 0.25) is 5.95 Å². The molecule has 0 bridgehead atoms. The Morgan fingerprint density at radius 1 is 1.24 bits per heavy atom. The molecule has 3 N–H and O–H groups in total. The summed E-state index contributed by atoms with van der Waals surface area (Å²) in [6, 6.07) is 1.01. The molecule has 0 saturated carbocycles. The van der Waals surface area contributed by atoms with Crippen molar-refractivity contribution in [3.05, 3.63) is 17.5 Å². The Hall–Kier alpha value is -1.37. The van der Waals surface area contributed by atoms with E-state index < -0.39 is 11.9 Å². The van der Waals surface area contributed by atoms with Gasteiger partial charge in [0.25, 0.3) is 0 Å².